The van der Waals surface area contributed by atoms with E-state index in [0.717, 1.165) is 17.8 Å². The van der Waals surface area contributed by atoms with Crippen molar-refractivity contribution >= 4 is 28.9 Å². The highest BCUT2D eigenvalue weighted by Gasteiger charge is 2.35. The van der Waals surface area contributed by atoms with Crippen LogP contribution in [0.25, 0.3) is 6.08 Å². The molecule has 1 heterocycles. The predicted octanol–water partition coefficient (Wildman–Crippen LogP) is 4.21. The Hall–Kier alpha value is -3.45. The number of alkyl halides is 3. The molecular formula is C18H10F3N3O3S. The van der Waals surface area contributed by atoms with Crippen molar-refractivity contribution in [3.05, 3.63) is 58.0 Å². The number of phenolic OH excluding ortho intramolecular Hbond substituents is 1. The average molecular weight is 405 g/mol. The number of phenols is 1. The summed E-state index contributed by atoms with van der Waals surface area (Å²) in [5.74, 6) is -1.69. The van der Waals surface area contributed by atoms with Gasteiger partial charge in [-0.2, -0.15) is 18.4 Å². The first-order chi connectivity index (χ1) is 13.2. The molecule has 142 valence electrons. The molecule has 0 atom stereocenters. The van der Waals surface area contributed by atoms with Gasteiger partial charge >= 0.3 is 6.18 Å². The van der Waals surface area contributed by atoms with Crippen molar-refractivity contribution in [1.29, 1.82) is 10.7 Å². The molecule has 0 radical (unpaired) electrons. The molecule has 0 saturated carbocycles. The summed E-state index contributed by atoms with van der Waals surface area (Å²) >= 11 is 0.909. The number of carbonyl (C=O) groups is 1. The zero-order valence-corrected chi connectivity index (χ0v) is 14.6. The number of nitrogens with one attached hydrogen (secondary N) is 2. The van der Waals surface area contributed by atoms with Crippen LogP contribution in [0.15, 0.2) is 41.3 Å². The van der Waals surface area contributed by atoms with Gasteiger partial charge in [0.25, 0.3) is 5.91 Å². The van der Waals surface area contributed by atoms with Gasteiger partial charge in [0.15, 0.2) is 16.7 Å². The van der Waals surface area contributed by atoms with Gasteiger partial charge in [-0.25, -0.2) is 0 Å². The van der Waals surface area contributed by atoms with Gasteiger partial charge in [-0.3, -0.25) is 10.2 Å². The van der Waals surface area contributed by atoms with Gasteiger partial charge < -0.3 is 15.2 Å². The van der Waals surface area contributed by atoms with E-state index in [0.29, 0.717) is 11.6 Å². The third kappa shape index (κ3) is 4.10. The molecule has 0 spiro atoms. The van der Waals surface area contributed by atoms with Gasteiger partial charge in [-0.1, -0.05) is 6.07 Å². The Labute approximate surface area is 160 Å². The molecule has 1 fully saturated rings. The number of aromatic hydroxyl groups is 1. The number of amides is 1. The maximum Gasteiger partial charge on any atom is 0.420 e. The van der Waals surface area contributed by atoms with Crippen molar-refractivity contribution in [1.82, 2.24) is 5.32 Å². The Morgan fingerprint density at radius 3 is 2.50 bits per heavy atom. The van der Waals surface area contributed by atoms with Crippen LogP contribution >= 0.6 is 11.8 Å². The highest BCUT2D eigenvalue weighted by atomic mass is 32.2. The Morgan fingerprint density at radius 2 is 1.93 bits per heavy atom. The molecule has 28 heavy (non-hydrogen) atoms. The monoisotopic (exact) mass is 405 g/mol. The lowest BCUT2D eigenvalue weighted by Crippen LogP contribution is -2.18. The second-order valence-electron chi connectivity index (χ2n) is 5.54. The molecule has 0 bridgehead atoms. The number of ether oxygens (including phenoxy) is 1. The fourth-order valence-corrected chi connectivity index (χ4v) is 3.03. The van der Waals surface area contributed by atoms with E-state index in [-0.39, 0.29) is 21.4 Å². The van der Waals surface area contributed by atoms with Crippen LogP contribution in [0.4, 0.5) is 13.2 Å². The molecule has 6 nitrogen and oxygen atoms in total. The second-order valence-corrected chi connectivity index (χ2v) is 6.60. The van der Waals surface area contributed by atoms with Crippen molar-refractivity contribution < 1.29 is 27.8 Å². The first kappa shape index (κ1) is 19.3. The van der Waals surface area contributed by atoms with Gasteiger partial charge in [0.1, 0.15) is 5.75 Å². The maximum absolute atomic E-state index is 13.2. The fraction of sp³-hybridized carbons (Fsp3) is 0.0556. The van der Waals surface area contributed by atoms with Crippen LogP contribution in [-0.2, 0) is 11.0 Å². The molecule has 1 saturated heterocycles. The third-order valence-electron chi connectivity index (χ3n) is 3.58. The van der Waals surface area contributed by atoms with E-state index in [2.05, 4.69) is 5.32 Å². The van der Waals surface area contributed by atoms with Crippen LogP contribution in [0, 0.1) is 16.7 Å². The molecule has 0 aliphatic carbocycles. The summed E-state index contributed by atoms with van der Waals surface area (Å²) in [6.45, 7) is 0. The van der Waals surface area contributed by atoms with Gasteiger partial charge in [0, 0.05) is 0 Å². The molecule has 2 aromatic rings. The minimum Gasteiger partial charge on any atom is -0.504 e. The zero-order valence-electron chi connectivity index (χ0n) is 13.8. The lowest BCUT2D eigenvalue weighted by Gasteiger charge is -2.15. The molecule has 1 aliphatic heterocycles. The summed E-state index contributed by atoms with van der Waals surface area (Å²) < 4.78 is 44.8. The molecule has 1 aliphatic rings. The maximum atomic E-state index is 13.2. The Kier molecular flexibility index (Phi) is 5.02. The number of carbonyl (C=O) groups excluding carboxylic acids is 1. The molecule has 0 aromatic heterocycles. The normalized spacial score (nSPS) is 15.4. The number of halogens is 3. The lowest BCUT2D eigenvalue weighted by molar-refractivity contribution is -0.138. The number of hydrogen-bond acceptors (Lipinski definition) is 6. The summed E-state index contributed by atoms with van der Waals surface area (Å²) in [5, 5.41) is 28.5. The highest BCUT2D eigenvalue weighted by Crippen LogP contribution is 2.41. The molecule has 3 N–H and O–H groups in total. The van der Waals surface area contributed by atoms with Crippen molar-refractivity contribution in [3.8, 4) is 23.3 Å². The van der Waals surface area contributed by atoms with Gasteiger partial charge in [-0.15, -0.1) is 0 Å². The van der Waals surface area contributed by atoms with E-state index in [1.165, 1.54) is 30.3 Å². The summed E-state index contributed by atoms with van der Waals surface area (Å²) in [7, 11) is 0. The first-order valence-corrected chi connectivity index (χ1v) is 8.40. The molecule has 3 rings (SSSR count). The van der Waals surface area contributed by atoms with Crippen LogP contribution in [-0.4, -0.2) is 16.2 Å². The average Bonchev–Trinajstić information content (AvgIpc) is 2.93. The predicted molar refractivity (Wildman–Crippen MR) is 95.8 cm³/mol. The lowest BCUT2D eigenvalue weighted by atomic mass is 10.1. The summed E-state index contributed by atoms with van der Waals surface area (Å²) in [6.07, 6.45) is -3.33. The van der Waals surface area contributed by atoms with Gasteiger partial charge in [0.05, 0.1) is 22.1 Å². The van der Waals surface area contributed by atoms with Gasteiger partial charge in [-0.05, 0) is 53.7 Å². The number of amidine groups is 1. The summed E-state index contributed by atoms with van der Waals surface area (Å²) in [4.78, 5) is 11.8. The molecule has 1 amide bonds. The Morgan fingerprint density at radius 1 is 1.21 bits per heavy atom. The van der Waals surface area contributed by atoms with Crippen LogP contribution in [0.1, 0.15) is 16.7 Å². The van der Waals surface area contributed by atoms with E-state index >= 15 is 0 Å². The molecular weight excluding hydrogens is 395 g/mol. The van der Waals surface area contributed by atoms with E-state index in [9.17, 15) is 23.1 Å². The minimum absolute atomic E-state index is 0.0269. The van der Waals surface area contributed by atoms with Crippen molar-refractivity contribution in [2.45, 2.75) is 6.18 Å². The SMILES string of the molecule is N#Cc1ccc(Oc2ccc(/C=C3\SC(=N)NC3=O)cc2O)c(C(F)(F)F)c1. The largest absolute Gasteiger partial charge is 0.504 e. The minimum atomic E-state index is -4.75. The van der Waals surface area contributed by atoms with Crippen LogP contribution in [0.5, 0.6) is 17.2 Å². The fourth-order valence-electron chi connectivity index (χ4n) is 2.33. The smallest absolute Gasteiger partial charge is 0.420 e. The number of nitriles is 1. The van der Waals surface area contributed by atoms with Gasteiger partial charge in [0.2, 0.25) is 0 Å². The molecule has 10 heteroatoms. The van der Waals surface area contributed by atoms with Crippen LogP contribution in [0.3, 0.4) is 0 Å². The number of rotatable bonds is 3. The van der Waals surface area contributed by atoms with Crippen LogP contribution < -0.4 is 10.1 Å². The van der Waals surface area contributed by atoms with Crippen LogP contribution in [0.2, 0.25) is 0 Å². The quantitative estimate of drug-likeness (QED) is 0.663. The highest BCUT2D eigenvalue weighted by molar-refractivity contribution is 8.18. The van der Waals surface area contributed by atoms with E-state index in [4.69, 9.17) is 15.4 Å². The summed E-state index contributed by atoms with van der Waals surface area (Å²) in [6, 6.07) is 8.38. The van der Waals surface area contributed by atoms with Crippen molar-refractivity contribution in [2.75, 3.05) is 0 Å². The van der Waals surface area contributed by atoms with Crippen molar-refractivity contribution in [3.63, 3.8) is 0 Å². The third-order valence-corrected chi connectivity index (χ3v) is 4.41. The van der Waals surface area contributed by atoms with Crippen molar-refractivity contribution in [2.24, 2.45) is 0 Å². The van der Waals surface area contributed by atoms with E-state index < -0.39 is 29.1 Å². The Bertz CT molecular complexity index is 1060. The molecule has 0 unspecified atom stereocenters. The number of nitrogens with zero attached hydrogens (tertiary/aromatic N) is 1. The number of benzene rings is 2. The zero-order chi connectivity index (χ0) is 20.5. The number of thioether (sulfide) groups is 1. The standard InChI is InChI=1S/C18H10F3N3O3S/c19-18(20,21)11-5-10(8-22)2-3-13(11)27-14-4-1-9(6-12(14)25)7-15-16(26)24-17(23)28-15/h1-7,25H,(H2,23,24,26)/b15-7-. The topological polar surface area (TPSA) is 106 Å². The number of hydrogen-bond donors (Lipinski definition) is 3. The summed E-state index contributed by atoms with van der Waals surface area (Å²) in [5.41, 5.74) is -0.925. The Balaban J connectivity index is 1.91. The van der Waals surface area contributed by atoms with E-state index in [1.54, 1.807) is 6.07 Å². The first-order valence-electron chi connectivity index (χ1n) is 7.59. The molecule has 2 aromatic carbocycles. The van der Waals surface area contributed by atoms with E-state index in [1.807, 2.05) is 0 Å². The second kappa shape index (κ2) is 7.28.